The van der Waals surface area contributed by atoms with Crippen LogP contribution in [0.3, 0.4) is 0 Å². The first kappa shape index (κ1) is 21.1. The molecule has 0 saturated heterocycles. The molecule has 7 nitrogen and oxygen atoms in total. The van der Waals surface area contributed by atoms with Crippen molar-refractivity contribution in [3.8, 4) is 5.75 Å². The summed E-state index contributed by atoms with van der Waals surface area (Å²) in [7, 11) is 1.93. The van der Waals surface area contributed by atoms with Crippen molar-refractivity contribution < 1.29 is 17.9 Å². The van der Waals surface area contributed by atoms with Gasteiger partial charge in [0.15, 0.2) is 0 Å². The molecular formula is C21H27N3O4S. The summed E-state index contributed by atoms with van der Waals surface area (Å²) in [6.07, 6.45) is 2.51. The molecule has 2 N–H and O–H groups in total. The molecule has 8 heteroatoms. The van der Waals surface area contributed by atoms with Crippen LogP contribution in [0.1, 0.15) is 24.5 Å². The average molecular weight is 418 g/mol. The van der Waals surface area contributed by atoms with Gasteiger partial charge in [0.25, 0.3) is 10.0 Å². The van der Waals surface area contributed by atoms with Gasteiger partial charge in [-0.2, -0.15) is 0 Å². The summed E-state index contributed by atoms with van der Waals surface area (Å²) in [6, 6.07) is 10.2. The van der Waals surface area contributed by atoms with Crippen LogP contribution in [-0.4, -0.2) is 46.5 Å². The molecule has 0 saturated carbocycles. The van der Waals surface area contributed by atoms with Crippen LogP contribution in [0, 0.1) is 0 Å². The summed E-state index contributed by atoms with van der Waals surface area (Å²) in [5.41, 5.74) is 3.03. The molecule has 2 aromatic carbocycles. The second kappa shape index (κ2) is 8.42. The second-order valence-electron chi connectivity index (χ2n) is 7.45. The van der Waals surface area contributed by atoms with Gasteiger partial charge in [0.2, 0.25) is 5.91 Å². The van der Waals surface area contributed by atoms with E-state index in [4.69, 9.17) is 4.74 Å². The number of methoxy groups -OCH3 is 1. The molecule has 0 heterocycles. The number of benzene rings is 2. The minimum atomic E-state index is -3.81. The van der Waals surface area contributed by atoms with Crippen LogP contribution in [0.15, 0.2) is 41.3 Å². The summed E-state index contributed by atoms with van der Waals surface area (Å²) in [5, 5.41) is 2.61. The van der Waals surface area contributed by atoms with Gasteiger partial charge >= 0.3 is 0 Å². The predicted octanol–water partition coefficient (Wildman–Crippen LogP) is 2.87. The zero-order chi connectivity index (χ0) is 21.2. The van der Waals surface area contributed by atoms with E-state index in [9.17, 15) is 13.2 Å². The lowest BCUT2D eigenvalue weighted by atomic mass is 9.86. The minimum absolute atomic E-state index is 0.0929. The highest BCUT2D eigenvalue weighted by Gasteiger charge is 2.27. The van der Waals surface area contributed by atoms with Gasteiger partial charge in [0.05, 0.1) is 17.7 Å². The molecule has 2 aromatic rings. The number of hydrogen-bond acceptors (Lipinski definition) is 5. The third-order valence-corrected chi connectivity index (χ3v) is 6.58. The number of sulfonamides is 1. The highest BCUT2D eigenvalue weighted by molar-refractivity contribution is 7.92. The van der Waals surface area contributed by atoms with Gasteiger partial charge in [0, 0.05) is 24.2 Å². The Bertz CT molecular complexity index is 1020. The first-order valence-corrected chi connectivity index (χ1v) is 10.9. The number of nitrogens with one attached hydrogen (secondary N) is 2. The Morgan fingerprint density at radius 3 is 2.59 bits per heavy atom. The lowest BCUT2D eigenvalue weighted by Crippen LogP contribution is -2.34. The van der Waals surface area contributed by atoms with Crippen molar-refractivity contribution >= 4 is 27.3 Å². The van der Waals surface area contributed by atoms with E-state index < -0.39 is 10.0 Å². The van der Waals surface area contributed by atoms with Gasteiger partial charge in [-0.3, -0.25) is 9.52 Å². The highest BCUT2D eigenvalue weighted by atomic mass is 32.2. The quantitative estimate of drug-likeness (QED) is 0.755. The number of fused-ring (bicyclic) bond motifs is 1. The van der Waals surface area contributed by atoms with E-state index in [2.05, 4.69) is 29.0 Å². The lowest BCUT2D eigenvalue weighted by molar-refractivity contribution is -0.114. The van der Waals surface area contributed by atoms with Gasteiger partial charge in [-0.25, -0.2) is 8.42 Å². The van der Waals surface area contributed by atoms with Crippen LogP contribution in [0.2, 0.25) is 0 Å². The van der Waals surface area contributed by atoms with Gasteiger partial charge in [-0.1, -0.05) is 6.07 Å². The summed E-state index contributed by atoms with van der Waals surface area (Å²) < 4.78 is 34.2. The molecule has 0 spiro atoms. The first-order valence-electron chi connectivity index (χ1n) is 9.47. The smallest absolute Gasteiger partial charge is 0.261 e. The van der Waals surface area contributed by atoms with Crippen molar-refractivity contribution in [3.63, 3.8) is 0 Å². The third-order valence-electron chi connectivity index (χ3n) is 5.21. The molecule has 0 fully saturated rings. The van der Waals surface area contributed by atoms with Crippen LogP contribution >= 0.6 is 0 Å². The number of carbonyl (C=O) groups excluding carboxylic acids is 1. The first-order chi connectivity index (χ1) is 13.7. The highest BCUT2D eigenvalue weighted by Crippen LogP contribution is 2.36. The SMILES string of the molecule is COc1ccc(NS(=O)(=O)c2cccc(NC(C)=O)c2)c2c1C[C@@H](N(C)C)CC2. The van der Waals surface area contributed by atoms with Crippen LogP contribution < -0.4 is 14.8 Å². The van der Waals surface area contributed by atoms with E-state index in [0.717, 1.165) is 36.1 Å². The van der Waals surface area contributed by atoms with E-state index in [1.54, 1.807) is 25.3 Å². The number of nitrogens with zero attached hydrogens (tertiary/aromatic N) is 1. The normalized spacial score (nSPS) is 16.2. The van der Waals surface area contributed by atoms with Crippen molar-refractivity contribution in [1.82, 2.24) is 4.90 Å². The Morgan fingerprint density at radius 2 is 1.93 bits per heavy atom. The van der Waals surface area contributed by atoms with Crippen molar-refractivity contribution in [2.75, 3.05) is 31.2 Å². The zero-order valence-electron chi connectivity index (χ0n) is 17.2. The molecule has 0 unspecified atom stereocenters. The van der Waals surface area contributed by atoms with E-state index in [-0.39, 0.29) is 10.8 Å². The van der Waals surface area contributed by atoms with Crippen molar-refractivity contribution in [1.29, 1.82) is 0 Å². The van der Waals surface area contributed by atoms with Gasteiger partial charge in [0.1, 0.15) is 5.75 Å². The van der Waals surface area contributed by atoms with Gasteiger partial charge in [-0.05, 0) is 69.3 Å². The molecule has 0 aromatic heterocycles. The topological polar surface area (TPSA) is 87.7 Å². The zero-order valence-corrected chi connectivity index (χ0v) is 18.0. The lowest BCUT2D eigenvalue weighted by Gasteiger charge is -2.32. The molecule has 156 valence electrons. The molecule has 1 atom stereocenters. The standard InChI is InChI=1S/C21H27N3O4S/c1-14(25)22-15-6-5-7-17(12-15)29(26,27)23-20-10-11-21(28-4)19-13-16(24(2)3)8-9-18(19)20/h5-7,10-12,16,23H,8-9,13H2,1-4H3,(H,22,25)/t16-/m0/s1. The van der Waals surface area contributed by atoms with E-state index in [1.807, 2.05) is 6.07 Å². The summed E-state index contributed by atoms with van der Waals surface area (Å²) in [5.74, 6) is 0.523. The van der Waals surface area contributed by atoms with Crippen molar-refractivity contribution in [2.24, 2.45) is 0 Å². The molecule has 29 heavy (non-hydrogen) atoms. The fraction of sp³-hybridized carbons (Fsp3) is 0.381. The van der Waals surface area contributed by atoms with Crippen LogP contribution in [0.5, 0.6) is 5.75 Å². The number of rotatable bonds is 6. The maximum atomic E-state index is 13.0. The Kier molecular flexibility index (Phi) is 6.14. The van der Waals surface area contributed by atoms with Crippen LogP contribution in [-0.2, 0) is 27.7 Å². The summed E-state index contributed by atoms with van der Waals surface area (Å²) in [4.78, 5) is 13.5. The number of amides is 1. The average Bonchev–Trinajstić information content (AvgIpc) is 2.67. The Hall–Kier alpha value is -2.58. The Morgan fingerprint density at radius 1 is 1.17 bits per heavy atom. The summed E-state index contributed by atoms with van der Waals surface area (Å²) >= 11 is 0. The van der Waals surface area contributed by atoms with Crippen LogP contribution in [0.25, 0.3) is 0 Å². The number of likely N-dealkylation sites (N-methyl/N-ethyl adjacent to an activating group) is 1. The molecule has 1 aliphatic rings. The van der Waals surface area contributed by atoms with E-state index >= 15 is 0 Å². The number of anilines is 2. The molecule has 1 aliphatic carbocycles. The number of ether oxygens (including phenoxy) is 1. The largest absolute Gasteiger partial charge is 0.496 e. The minimum Gasteiger partial charge on any atom is -0.496 e. The number of hydrogen-bond donors (Lipinski definition) is 2. The monoisotopic (exact) mass is 417 g/mol. The molecule has 3 rings (SSSR count). The summed E-state index contributed by atoms with van der Waals surface area (Å²) in [6.45, 7) is 1.38. The fourth-order valence-corrected chi connectivity index (χ4v) is 4.84. The van der Waals surface area contributed by atoms with Crippen molar-refractivity contribution in [3.05, 3.63) is 47.5 Å². The predicted molar refractivity (Wildman–Crippen MR) is 114 cm³/mol. The maximum Gasteiger partial charge on any atom is 0.261 e. The molecule has 0 bridgehead atoms. The van der Waals surface area contributed by atoms with Gasteiger partial charge < -0.3 is 15.0 Å². The molecule has 0 radical (unpaired) electrons. The van der Waals surface area contributed by atoms with Crippen molar-refractivity contribution in [2.45, 2.75) is 37.1 Å². The third kappa shape index (κ3) is 4.71. The van der Waals surface area contributed by atoms with E-state index in [0.29, 0.717) is 17.4 Å². The number of carbonyl (C=O) groups is 1. The Labute approximate surface area is 172 Å². The molecule has 1 amide bonds. The fourth-order valence-electron chi connectivity index (χ4n) is 3.71. The molecule has 0 aliphatic heterocycles. The van der Waals surface area contributed by atoms with Gasteiger partial charge in [-0.15, -0.1) is 0 Å². The maximum absolute atomic E-state index is 13.0. The second-order valence-corrected chi connectivity index (χ2v) is 9.13. The van der Waals surface area contributed by atoms with Crippen LogP contribution in [0.4, 0.5) is 11.4 Å². The Balaban J connectivity index is 1.94. The van der Waals surface area contributed by atoms with E-state index in [1.165, 1.54) is 19.1 Å². The molecular weight excluding hydrogens is 390 g/mol.